The number of hydrogen-bond donors (Lipinski definition) is 1. The van der Waals surface area contributed by atoms with Gasteiger partial charge in [0.05, 0.1) is 23.7 Å². The molecule has 3 heterocycles. The highest BCUT2D eigenvalue weighted by Gasteiger charge is 2.42. The second-order valence-electron chi connectivity index (χ2n) is 10.9. The zero-order valence-electron chi connectivity index (χ0n) is 24.6. The number of piperidine rings is 1. The minimum Gasteiger partial charge on any atom is -0.457 e. The van der Waals surface area contributed by atoms with Crippen molar-refractivity contribution in [1.82, 2.24) is 10.2 Å². The Hall–Kier alpha value is -3.35. The lowest BCUT2D eigenvalue weighted by molar-refractivity contribution is -0.447. The van der Waals surface area contributed by atoms with Gasteiger partial charge in [-0.25, -0.2) is 9.59 Å². The number of esters is 1. The van der Waals surface area contributed by atoms with E-state index in [-0.39, 0.29) is 54.6 Å². The number of carbonyl (C=O) groups excluding carboxylic acids is 2. The molecule has 4 rings (SSSR count). The summed E-state index contributed by atoms with van der Waals surface area (Å²) in [5.74, 6) is -1.10. The molecule has 13 heteroatoms. The predicted molar refractivity (Wildman–Crippen MR) is 156 cm³/mol. The van der Waals surface area contributed by atoms with Crippen LogP contribution in [0.3, 0.4) is 0 Å². The van der Waals surface area contributed by atoms with Crippen LogP contribution in [0.15, 0.2) is 54.3 Å². The molecule has 1 N–H and O–H groups in total. The van der Waals surface area contributed by atoms with Crippen LogP contribution in [0, 0.1) is 18.8 Å². The summed E-state index contributed by atoms with van der Waals surface area (Å²) in [7, 11) is 1.68. The van der Waals surface area contributed by atoms with Crippen molar-refractivity contribution in [2.24, 2.45) is 22.2 Å². The Morgan fingerprint density at radius 2 is 1.93 bits per heavy atom. The zero-order valence-corrected chi connectivity index (χ0v) is 25.4. The third kappa shape index (κ3) is 8.36. The maximum absolute atomic E-state index is 14.1. The third-order valence-electron chi connectivity index (χ3n) is 7.26. The highest BCUT2D eigenvalue weighted by molar-refractivity contribution is 5.91. The number of urea groups is 1. The fourth-order valence-corrected chi connectivity index (χ4v) is 5.19. The van der Waals surface area contributed by atoms with Crippen LogP contribution in [0.25, 0.3) is 0 Å². The molecule has 0 aliphatic carbocycles. The van der Waals surface area contributed by atoms with Gasteiger partial charge in [-0.1, -0.05) is 48.9 Å². The van der Waals surface area contributed by atoms with E-state index in [0.29, 0.717) is 39.1 Å². The average Bonchev–Trinajstić information content (AvgIpc) is 3.54. The number of ether oxygens (including phenoxy) is 2. The Labute approximate surface area is 251 Å². The molecule has 0 saturated carbocycles. The zero-order chi connectivity index (χ0) is 29.4. The van der Waals surface area contributed by atoms with Crippen molar-refractivity contribution in [1.29, 1.82) is 0 Å². The Balaban J connectivity index is 0.00000484. The smallest absolute Gasteiger partial charge is 0.457 e. The normalized spacial score (nSPS) is 20.1. The molecule has 1 saturated heterocycles. The summed E-state index contributed by atoms with van der Waals surface area (Å²) >= 11 is 0. The molecule has 230 valence electrons. The first kappa shape index (κ1) is 33.2. The number of methoxy groups -OCH3 is 1. The topological polar surface area (TPSA) is 139 Å². The first-order chi connectivity index (χ1) is 19.8. The molecule has 2 aromatic rings. The Morgan fingerprint density at radius 1 is 1.17 bits per heavy atom. The van der Waals surface area contributed by atoms with E-state index in [0.717, 1.165) is 24.1 Å². The lowest BCUT2D eigenvalue weighted by atomic mass is 9.94. The van der Waals surface area contributed by atoms with Crippen LogP contribution in [0.2, 0.25) is 0 Å². The number of nitrogens with one attached hydrogen (secondary N) is 1. The van der Waals surface area contributed by atoms with Gasteiger partial charge in [0, 0.05) is 38.8 Å². The largest absolute Gasteiger partial charge is 0.519 e. The molecule has 0 spiro atoms. The van der Waals surface area contributed by atoms with E-state index in [1.807, 2.05) is 30.3 Å². The summed E-state index contributed by atoms with van der Waals surface area (Å²) in [6.45, 7) is 7.57. The number of nitrogens with zero attached hydrogens (tertiary/aromatic N) is 4. The molecule has 3 atom stereocenters. The molecule has 0 bridgehead atoms. The van der Waals surface area contributed by atoms with Gasteiger partial charge in [0.25, 0.3) is 0 Å². The fraction of sp³-hybridized carbons (Fsp3) is 0.586. The lowest BCUT2D eigenvalue weighted by Gasteiger charge is -2.34. The number of carbonyl (C=O) groups is 2. The first-order valence-corrected chi connectivity index (χ1v) is 14.2. The summed E-state index contributed by atoms with van der Waals surface area (Å²) in [6.07, 6.45) is 2.77. The van der Waals surface area contributed by atoms with E-state index in [9.17, 15) is 14.4 Å². The molecule has 0 radical (unpaired) electrons. The maximum atomic E-state index is 14.1. The van der Waals surface area contributed by atoms with Crippen LogP contribution in [-0.4, -0.2) is 66.7 Å². The van der Waals surface area contributed by atoms with Gasteiger partial charge in [-0.3, -0.25) is 9.69 Å². The number of aryl methyl sites for hydroxylation is 1. The summed E-state index contributed by atoms with van der Waals surface area (Å²) in [5, 5.41) is 12.2. The third-order valence-corrected chi connectivity index (χ3v) is 7.26. The summed E-state index contributed by atoms with van der Waals surface area (Å²) < 4.78 is 21.9. The minimum atomic E-state index is -0.834. The maximum Gasteiger partial charge on any atom is 0.519 e. The van der Waals surface area contributed by atoms with Crippen molar-refractivity contribution in [2.75, 3.05) is 33.4 Å². The van der Waals surface area contributed by atoms with Crippen molar-refractivity contribution >= 4 is 30.1 Å². The van der Waals surface area contributed by atoms with Crippen LogP contribution in [0.5, 0.6) is 0 Å². The van der Waals surface area contributed by atoms with Crippen LogP contribution < -0.4 is 11.1 Å². The monoisotopic (exact) mass is 606 g/mol. The van der Waals surface area contributed by atoms with Crippen LogP contribution in [-0.2, 0) is 20.9 Å². The molecule has 1 fully saturated rings. The summed E-state index contributed by atoms with van der Waals surface area (Å²) in [4.78, 5) is 40.2. The van der Waals surface area contributed by atoms with E-state index in [4.69, 9.17) is 18.3 Å². The molecule has 2 aliphatic rings. The first-order valence-electron chi connectivity index (χ1n) is 14.2. The Kier molecular flexibility index (Phi) is 12.4. The van der Waals surface area contributed by atoms with Crippen LogP contribution >= 0.6 is 12.4 Å². The average molecular weight is 607 g/mol. The van der Waals surface area contributed by atoms with Crippen molar-refractivity contribution in [3.63, 3.8) is 0 Å². The predicted octanol–water partition coefficient (Wildman–Crippen LogP) is 4.45. The van der Waals surface area contributed by atoms with Gasteiger partial charge in [-0.05, 0) is 37.2 Å². The fourth-order valence-electron chi connectivity index (χ4n) is 5.19. The van der Waals surface area contributed by atoms with Gasteiger partial charge in [-0.15, -0.1) is 12.4 Å². The molecule has 1 aromatic heterocycles. The molecule has 2 aliphatic heterocycles. The molecule has 2 amide bonds. The number of benzene rings is 1. The number of rotatable bonds is 12. The van der Waals surface area contributed by atoms with Crippen molar-refractivity contribution in [2.45, 2.75) is 65.1 Å². The van der Waals surface area contributed by atoms with Crippen LogP contribution in [0.4, 0.5) is 4.79 Å². The molecule has 42 heavy (non-hydrogen) atoms. The van der Waals surface area contributed by atoms with Gasteiger partial charge in [0.2, 0.25) is 6.04 Å². The molecule has 1 unspecified atom stereocenters. The van der Waals surface area contributed by atoms with E-state index < -0.39 is 17.7 Å². The van der Waals surface area contributed by atoms with Crippen molar-refractivity contribution in [3.8, 4) is 0 Å². The summed E-state index contributed by atoms with van der Waals surface area (Å²) in [6, 6.07) is 9.01. The number of unbranched alkanes of at least 4 members (excludes halogenated alkanes) is 1. The van der Waals surface area contributed by atoms with E-state index in [1.165, 1.54) is 4.68 Å². The van der Waals surface area contributed by atoms with Crippen LogP contribution in [0.1, 0.15) is 62.7 Å². The quantitative estimate of drug-likeness (QED) is 0.212. The van der Waals surface area contributed by atoms with Gasteiger partial charge in [0.15, 0.2) is 18.1 Å². The molecule has 12 nitrogen and oxygen atoms in total. The molecular weight excluding hydrogens is 566 g/mol. The van der Waals surface area contributed by atoms with Gasteiger partial charge in [0.1, 0.15) is 5.71 Å². The Morgan fingerprint density at radius 3 is 2.60 bits per heavy atom. The number of halogens is 1. The highest BCUT2D eigenvalue weighted by atomic mass is 35.5. The lowest BCUT2D eigenvalue weighted by Crippen LogP contribution is -2.55. The van der Waals surface area contributed by atoms with E-state index >= 15 is 0 Å². The standard InChI is InChI=1S/C29H40N5O7.ClH/c1-19(2)17-33(23-14-22(15-30-16-23)27(35)39-18-25-20(3)40-29(37)41-25)28(36)34-24(12-8-9-13-38-4)26(31-32-34)21-10-6-5-7-11-21;/h5-7,10-11,19,22-23,26,30H,8-9,12-18H2,1-4H3;1H/q+1;/t22-,23+,26?;/m1./s1. The van der Waals surface area contributed by atoms with E-state index in [2.05, 4.69) is 29.5 Å². The minimum absolute atomic E-state index is 0. The summed E-state index contributed by atoms with van der Waals surface area (Å²) in [5.41, 5.74) is 1.82. The number of amides is 2. The number of hydrogen-bond acceptors (Lipinski definition) is 10. The van der Waals surface area contributed by atoms with Gasteiger partial charge < -0.3 is 23.6 Å². The Bertz CT molecular complexity index is 1310. The van der Waals surface area contributed by atoms with E-state index in [1.54, 1.807) is 18.9 Å². The second-order valence-corrected chi connectivity index (χ2v) is 10.9. The SMILES string of the molecule is COCCCCC1=[N+](C(=O)N(CC(C)C)[C@@H]2CNC[C@H](C(=O)OCc3oc(=O)oc3C)C2)N=NC1c1ccccc1.Cl. The van der Waals surface area contributed by atoms with Crippen molar-refractivity contribution in [3.05, 3.63) is 58.0 Å². The highest BCUT2D eigenvalue weighted by Crippen LogP contribution is 2.28. The van der Waals surface area contributed by atoms with Gasteiger partial charge >= 0.3 is 17.8 Å². The molecular formula is C29H41ClN5O7+. The second kappa shape index (κ2) is 15.8. The van der Waals surface area contributed by atoms with Crippen molar-refractivity contribution < 1.29 is 32.6 Å². The van der Waals surface area contributed by atoms with Gasteiger partial charge in [-0.2, -0.15) is 0 Å². The molecule has 1 aromatic carbocycles.